The van der Waals surface area contributed by atoms with E-state index in [1.807, 2.05) is 0 Å². The van der Waals surface area contributed by atoms with Gasteiger partial charge in [-0.15, -0.1) is 0 Å². The average Bonchev–Trinajstić information content (AvgIpc) is 2.87. The van der Waals surface area contributed by atoms with Gasteiger partial charge < -0.3 is 19.5 Å². The van der Waals surface area contributed by atoms with Gasteiger partial charge in [0.2, 0.25) is 0 Å². The molecule has 2 aromatic rings. The van der Waals surface area contributed by atoms with Crippen LogP contribution >= 0.6 is 0 Å². The molecule has 1 aliphatic rings. The molecule has 1 aromatic carbocycles. The Morgan fingerprint density at radius 3 is 3.10 bits per heavy atom. The van der Waals surface area contributed by atoms with Crippen molar-refractivity contribution in [2.24, 2.45) is 0 Å². The maximum Gasteiger partial charge on any atom is 0.0931 e. The third kappa shape index (κ3) is 2.64. The van der Waals surface area contributed by atoms with E-state index in [0.29, 0.717) is 6.04 Å². The van der Waals surface area contributed by atoms with Crippen molar-refractivity contribution in [3.63, 3.8) is 0 Å². The molecule has 2 unspecified atom stereocenters. The summed E-state index contributed by atoms with van der Waals surface area (Å²) in [6, 6.07) is 6.80. The number of morpholine rings is 1. The molecule has 5 nitrogen and oxygen atoms in total. The SMILES string of the molecule is CC1COC(CN(C)C)CN1c1ccc2nc[nH]c2c1. The zero-order chi connectivity index (χ0) is 14.1. The molecule has 1 saturated heterocycles. The summed E-state index contributed by atoms with van der Waals surface area (Å²) in [5.74, 6) is 0. The fraction of sp³-hybridized carbons (Fsp3) is 0.533. The maximum atomic E-state index is 5.92. The number of hydrogen-bond acceptors (Lipinski definition) is 4. The van der Waals surface area contributed by atoms with E-state index in [1.54, 1.807) is 6.33 Å². The Morgan fingerprint density at radius 1 is 1.45 bits per heavy atom. The zero-order valence-electron chi connectivity index (χ0n) is 12.3. The minimum absolute atomic E-state index is 0.263. The van der Waals surface area contributed by atoms with E-state index < -0.39 is 0 Å². The van der Waals surface area contributed by atoms with Gasteiger partial charge in [-0.2, -0.15) is 0 Å². The number of benzene rings is 1. The maximum absolute atomic E-state index is 5.92. The lowest BCUT2D eigenvalue weighted by Gasteiger charge is -2.40. The number of anilines is 1. The van der Waals surface area contributed by atoms with Crippen molar-refractivity contribution in [1.29, 1.82) is 0 Å². The first-order chi connectivity index (χ1) is 9.63. The highest BCUT2D eigenvalue weighted by Gasteiger charge is 2.26. The normalized spacial score (nSPS) is 23.7. The highest BCUT2D eigenvalue weighted by molar-refractivity contribution is 5.79. The molecule has 1 N–H and O–H groups in total. The Bertz CT molecular complexity index is 580. The molecular weight excluding hydrogens is 252 g/mol. The first kappa shape index (κ1) is 13.4. The Kier molecular flexibility index (Phi) is 3.63. The summed E-state index contributed by atoms with van der Waals surface area (Å²) in [6.45, 7) is 4.87. The van der Waals surface area contributed by atoms with Crippen molar-refractivity contribution in [3.05, 3.63) is 24.5 Å². The van der Waals surface area contributed by atoms with Gasteiger partial charge in [-0.05, 0) is 39.2 Å². The van der Waals surface area contributed by atoms with Crippen molar-refractivity contribution in [1.82, 2.24) is 14.9 Å². The third-order valence-electron chi connectivity index (χ3n) is 3.81. The Labute approximate surface area is 119 Å². The van der Waals surface area contributed by atoms with Crippen LogP contribution in [-0.2, 0) is 4.74 Å². The van der Waals surface area contributed by atoms with Crippen LogP contribution < -0.4 is 4.90 Å². The lowest BCUT2D eigenvalue weighted by molar-refractivity contribution is 0.00880. The van der Waals surface area contributed by atoms with Crippen molar-refractivity contribution in [2.45, 2.75) is 19.1 Å². The van der Waals surface area contributed by atoms with Gasteiger partial charge in [0, 0.05) is 24.8 Å². The van der Waals surface area contributed by atoms with Gasteiger partial charge in [-0.1, -0.05) is 0 Å². The second-order valence-corrected chi connectivity index (χ2v) is 5.82. The molecule has 1 aromatic heterocycles. The van der Waals surface area contributed by atoms with Crippen LogP contribution in [0.3, 0.4) is 0 Å². The summed E-state index contributed by atoms with van der Waals surface area (Å²) in [5.41, 5.74) is 3.34. The van der Waals surface area contributed by atoms with E-state index in [1.165, 1.54) is 5.69 Å². The summed E-state index contributed by atoms with van der Waals surface area (Å²) in [6.07, 6.45) is 2.00. The number of rotatable bonds is 3. The van der Waals surface area contributed by atoms with E-state index in [-0.39, 0.29) is 6.10 Å². The summed E-state index contributed by atoms with van der Waals surface area (Å²) >= 11 is 0. The third-order valence-corrected chi connectivity index (χ3v) is 3.81. The van der Waals surface area contributed by atoms with E-state index in [0.717, 1.165) is 30.7 Å². The molecule has 0 spiro atoms. The van der Waals surface area contributed by atoms with Gasteiger partial charge in [0.15, 0.2) is 0 Å². The Morgan fingerprint density at radius 2 is 2.30 bits per heavy atom. The minimum Gasteiger partial charge on any atom is -0.373 e. The summed E-state index contributed by atoms with van der Waals surface area (Å²) in [4.78, 5) is 12.1. The molecule has 0 amide bonds. The summed E-state index contributed by atoms with van der Waals surface area (Å²) in [7, 11) is 4.17. The summed E-state index contributed by atoms with van der Waals surface area (Å²) < 4.78 is 5.92. The van der Waals surface area contributed by atoms with Gasteiger partial charge in [-0.25, -0.2) is 4.98 Å². The molecule has 2 atom stereocenters. The number of likely N-dealkylation sites (N-methyl/N-ethyl adjacent to an activating group) is 1. The van der Waals surface area contributed by atoms with Crippen LogP contribution in [0, 0.1) is 0 Å². The van der Waals surface area contributed by atoms with Crippen LogP contribution in [0.2, 0.25) is 0 Å². The predicted molar refractivity (Wildman–Crippen MR) is 81.2 cm³/mol. The monoisotopic (exact) mass is 274 g/mol. The molecule has 0 aliphatic carbocycles. The van der Waals surface area contributed by atoms with Crippen LogP contribution in [0.25, 0.3) is 11.0 Å². The Balaban J connectivity index is 1.82. The number of imidazole rings is 1. The molecule has 3 rings (SSSR count). The first-order valence-corrected chi connectivity index (χ1v) is 7.09. The molecule has 2 heterocycles. The Hall–Kier alpha value is -1.59. The number of aromatic amines is 1. The molecule has 20 heavy (non-hydrogen) atoms. The van der Waals surface area contributed by atoms with E-state index in [9.17, 15) is 0 Å². The lowest BCUT2D eigenvalue weighted by Crippen LogP contribution is -2.51. The summed E-state index contributed by atoms with van der Waals surface area (Å²) in [5, 5.41) is 0. The van der Waals surface area contributed by atoms with Crippen LogP contribution in [-0.4, -0.2) is 60.8 Å². The van der Waals surface area contributed by atoms with Crippen LogP contribution in [0.1, 0.15) is 6.92 Å². The molecule has 0 saturated carbocycles. The van der Waals surface area contributed by atoms with Crippen LogP contribution in [0.5, 0.6) is 0 Å². The number of aromatic nitrogens is 2. The average molecular weight is 274 g/mol. The standard InChI is InChI=1S/C15H22N4O/c1-11-9-20-13(7-18(2)3)8-19(11)12-4-5-14-15(6-12)17-10-16-14/h4-6,10-11,13H,7-9H2,1-3H3,(H,16,17). The quantitative estimate of drug-likeness (QED) is 0.925. The predicted octanol–water partition coefficient (Wildman–Crippen LogP) is 1.72. The first-order valence-electron chi connectivity index (χ1n) is 7.09. The molecule has 1 fully saturated rings. The smallest absolute Gasteiger partial charge is 0.0931 e. The number of H-pyrrole nitrogens is 1. The van der Waals surface area contributed by atoms with Gasteiger partial charge >= 0.3 is 0 Å². The van der Waals surface area contributed by atoms with E-state index in [2.05, 4.69) is 59.0 Å². The van der Waals surface area contributed by atoms with Crippen molar-refractivity contribution < 1.29 is 4.74 Å². The number of hydrogen-bond donors (Lipinski definition) is 1. The van der Waals surface area contributed by atoms with Crippen molar-refractivity contribution in [2.75, 3.05) is 38.7 Å². The number of nitrogens with zero attached hydrogens (tertiary/aromatic N) is 3. The molecule has 0 radical (unpaired) electrons. The van der Waals surface area contributed by atoms with E-state index >= 15 is 0 Å². The highest BCUT2D eigenvalue weighted by Crippen LogP contribution is 2.24. The zero-order valence-corrected chi connectivity index (χ0v) is 12.3. The second-order valence-electron chi connectivity index (χ2n) is 5.82. The van der Waals surface area contributed by atoms with Gasteiger partial charge in [0.1, 0.15) is 0 Å². The van der Waals surface area contributed by atoms with Crippen LogP contribution in [0.15, 0.2) is 24.5 Å². The second kappa shape index (κ2) is 5.42. The largest absolute Gasteiger partial charge is 0.373 e. The van der Waals surface area contributed by atoms with Gasteiger partial charge in [-0.3, -0.25) is 0 Å². The number of ether oxygens (including phenoxy) is 1. The van der Waals surface area contributed by atoms with Crippen molar-refractivity contribution in [3.8, 4) is 0 Å². The number of nitrogens with one attached hydrogen (secondary N) is 1. The molecule has 5 heteroatoms. The molecule has 0 bridgehead atoms. The number of fused-ring (bicyclic) bond motifs is 1. The molecular formula is C15H22N4O. The fourth-order valence-corrected chi connectivity index (χ4v) is 2.80. The lowest BCUT2D eigenvalue weighted by atomic mass is 10.1. The highest BCUT2D eigenvalue weighted by atomic mass is 16.5. The van der Waals surface area contributed by atoms with Crippen LogP contribution in [0.4, 0.5) is 5.69 Å². The van der Waals surface area contributed by atoms with Gasteiger partial charge in [0.05, 0.1) is 30.1 Å². The minimum atomic E-state index is 0.263. The van der Waals surface area contributed by atoms with Crippen molar-refractivity contribution >= 4 is 16.7 Å². The topological polar surface area (TPSA) is 44.4 Å². The molecule has 108 valence electrons. The van der Waals surface area contributed by atoms with Gasteiger partial charge in [0.25, 0.3) is 0 Å². The van der Waals surface area contributed by atoms with E-state index in [4.69, 9.17) is 4.74 Å². The molecule has 1 aliphatic heterocycles. The fourth-order valence-electron chi connectivity index (χ4n) is 2.80.